The second-order valence-electron chi connectivity index (χ2n) is 4.11. The Morgan fingerprint density at radius 2 is 2.05 bits per heavy atom. The molecule has 0 radical (unpaired) electrons. The summed E-state index contributed by atoms with van der Waals surface area (Å²) in [4.78, 5) is 16.8. The molecule has 3 rings (SSSR count). The number of thiazole rings is 1. The molecule has 98 valence electrons. The number of benzene rings is 1. The van der Waals surface area contributed by atoms with Crippen molar-refractivity contribution in [2.24, 2.45) is 0 Å². The largest absolute Gasteiger partial charge is 0.417 e. The van der Waals surface area contributed by atoms with Gasteiger partial charge in [-0.15, -0.1) is 11.3 Å². The van der Waals surface area contributed by atoms with Crippen molar-refractivity contribution in [1.29, 1.82) is 0 Å². The van der Waals surface area contributed by atoms with Gasteiger partial charge in [0.1, 0.15) is 0 Å². The average molecular weight is 284 g/mol. The molecule has 7 heteroatoms. The van der Waals surface area contributed by atoms with Gasteiger partial charge >= 0.3 is 6.18 Å². The molecule has 2 heterocycles. The molecular weight excluding hydrogens is 277 g/mol. The first-order chi connectivity index (χ1) is 8.89. The summed E-state index contributed by atoms with van der Waals surface area (Å²) in [7, 11) is 0. The van der Waals surface area contributed by atoms with E-state index < -0.39 is 17.3 Å². The van der Waals surface area contributed by atoms with Crippen LogP contribution in [0.5, 0.6) is 0 Å². The standard InChI is InChI=1S/C12H7F3N2OS/c1-6-5-19-11-16-8-4-2-3-7(12(13,14)15)9(8)10(18)17(6)11/h2-5H,1H3. The Hall–Kier alpha value is -1.89. The molecule has 2 aromatic heterocycles. The van der Waals surface area contributed by atoms with Gasteiger partial charge in [0.25, 0.3) is 5.56 Å². The van der Waals surface area contributed by atoms with E-state index in [1.807, 2.05) is 0 Å². The predicted octanol–water partition coefficient (Wildman–Crippen LogP) is 3.24. The molecular formula is C12H7F3N2OS. The van der Waals surface area contributed by atoms with Gasteiger partial charge in [-0.05, 0) is 19.1 Å². The summed E-state index contributed by atoms with van der Waals surface area (Å²) in [5.41, 5.74) is -0.966. The van der Waals surface area contributed by atoms with Crippen molar-refractivity contribution in [3.63, 3.8) is 0 Å². The lowest BCUT2D eigenvalue weighted by Crippen LogP contribution is -2.19. The Balaban J connectivity index is 2.59. The van der Waals surface area contributed by atoms with Crippen LogP contribution >= 0.6 is 11.3 Å². The highest BCUT2D eigenvalue weighted by Crippen LogP contribution is 2.33. The number of alkyl halides is 3. The highest BCUT2D eigenvalue weighted by Gasteiger charge is 2.34. The van der Waals surface area contributed by atoms with Crippen molar-refractivity contribution >= 4 is 27.2 Å². The second-order valence-corrected chi connectivity index (χ2v) is 4.95. The fourth-order valence-corrected chi connectivity index (χ4v) is 2.89. The zero-order valence-corrected chi connectivity index (χ0v) is 10.5. The van der Waals surface area contributed by atoms with Crippen LogP contribution in [-0.2, 0) is 6.18 Å². The van der Waals surface area contributed by atoms with Gasteiger partial charge in [0, 0.05) is 11.1 Å². The average Bonchev–Trinajstić information content (AvgIpc) is 2.69. The summed E-state index contributed by atoms with van der Waals surface area (Å²) < 4.78 is 40.1. The SMILES string of the molecule is Cc1csc2nc3cccc(C(F)(F)F)c3c(=O)n12. The van der Waals surface area contributed by atoms with Crippen LogP contribution in [0.25, 0.3) is 15.9 Å². The molecule has 0 amide bonds. The molecule has 0 N–H and O–H groups in total. The van der Waals surface area contributed by atoms with Crippen LogP contribution in [0.3, 0.4) is 0 Å². The first-order valence-electron chi connectivity index (χ1n) is 5.36. The molecule has 0 spiro atoms. The molecule has 0 unspecified atom stereocenters. The van der Waals surface area contributed by atoms with E-state index in [1.165, 1.54) is 27.9 Å². The maximum absolute atomic E-state index is 13.0. The molecule has 0 atom stereocenters. The van der Waals surface area contributed by atoms with Gasteiger partial charge in [-0.2, -0.15) is 13.2 Å². The predicted molar refractivity (Wildman–Crippen MR) is 66.6 cm³/mol. The van der Waals surface area contributed by atoms with E-state index in [2.05, 4.69) is 4.98 Å². The molecule has 0 bridgehead atoms. The lowest BCUT2D eigenvalue weighted by atomic mass is 10.1. The Kier molecular flexibility index (Phi) is 2.43. The summed E-state index contributed by atoms with van der Waals surface area (Å²) in [6.45, 7) is 1.66. The summed E-state index contributed by atoms with van der Waals surface area (Å²) in [5, 5.41) is 1.31. The minimum absolute atomic E-state index is 0.0710. The van der Waals surface area contributed by atoms with E-state index in [0.717, 1.165) is 6.07 Å². The third-order valence-electron chi connectivity index (χ3n) is 2.86. The fraction of sp³-hybridized carbons (Fsp3) is 0.167. The van der Waals surface area contributed by atoms with Gasteiger partial charge in [-0.3, -0.25) is 9.20 Å². The number of aryl methyl sites for hydroxylation is 1. The topological polar surface area (TPSA) is 34.4 Å². The number of hydrogen-bond acceptors (Lipinski definition) is 3. The fourth-order valence-electron chi connectivity index (χ4n) is 2.03. The van der Waals surface area contributed by atoms with Crippen molar-refractivity contribution in [3.05, 3.63) is 45.2 Å². The molecule has 19 heavy (non-hydrogen) atoms. The summed E-state index contributed by atoms with van der Waals surface area (Å²) in [6, 6.07) is 3.58. The molecule has 0 aliphatic heterocycles. The molecule has 0 fully saturated rings. The normalized spacial score (nSPS) is 12.4. The van der Waals surface area contributed by atoms with Crippen molar-refractivity contribution in [1.82, 2.24) is 9.38 Å². The molecule has 0 aliphatic rings. The van der Waals surface area contributed by atoms with Crippen molar-refractivity contribution in [2.45, 2.75) is 13.1 Å². The number of nitrogens with zero attached hydrogens (tertiary/aromatic N) is 2. The Morgan fingerprint density at radius 3 is 2.74 bits per heavy atom. The zero-order chi connectivity index (χ0) is 13.8. The van der Waals surface area contributed by atoms with E-state index in [9.17, 15) is 18.0 Å². The van der Waals surface area contributed by atoms with E-state index in [-0.39, 0.29) is 10.9 Å². The molecule has 0 saturated carbocycles. The molecule has 0 saturated heterocycles. The van der Waals surface area contributed by atoms with Gasteiger partial charge in [0.15, 0.2) is 4.96 Å². The third kappa shape index (κ3) is 1.73. The Morgan fingerprint density at radius 1 is 1.32 bits per heavy atom. The molecule has 0 aliphatic carbocycles. The molecule has 3 aromatic rings. The maximum Gasteiger partial charge on any atom is 0.417 e. The number of halogens is 3. The third-order valence-corrected chi connectivity index (χ3v) is 3.80. The Labute approximate surface area is 108 Å². The van der Waals surface area contributed by atoms with Gasteiger partial charge < -0.3 is 0 Å². The smallest absolute Gasteiger partial charge is 0.268 e. The van der Waals surface area contributed by atoms with E-state index in [4.69, 9.17) is 0 Å². The first-order valence-corrected chi connectivity index (χ1v) is 6.24. The summed E-state index contributed by atoms with van der Waals surface area (Å²) >= 11 is 1.23. The minimum Gasteiger partial charge on any atom is -0.268 e. The zero-order valence-electron chi connectivity index (χ0n) is 9.65. The lowest BCUT2D eigenvalue weighted by Gasteiger charge is -2.09. The van der Waals surface area contributed by atoms with Crippen molar-refractivity contribution in [2.75, 3.05) is 0 Å². The molecule has 1 aromatic carbocycles. The van der Waals surface area contributed by atoms with Crippen LogP contribution in [0, 0.1) is 6.92 Å². The number of fused-ring (bicyclic) bond motifs is 2. The van der Waals surface area contributed by atoms with Crippen LogP contribution in [-0.4, -0.2) is 9.38 Å². The monoisotopic (exact) mass is 284 g/mol. The highest BCUT2D eigenvalue weighted by molar-refractivity contribution is 7.15. The van der Waals surface area contributed by atoms with Crippen molar-refractivity contribution in [3.8, 4) is 0 Å². The minimum atomic E-state index is -4.57. The first kappa shape index (κ1) is 12.2. The maximum atomic E-state index is 13.0. The van der Waals surface area contributed by atoms with E-state index >= 15 is 0 Å². The summed E-state index contributed by atoms with van der Waals surface area (Å²) in [6.07, 6.45) is -4.57. The summed E-state index contributed by atoms with van der Waals surface area (Å²) in [5.74, 6) is 0. The van der Waals surface area contributed by atoms with Crippen LogP contribution in [0.2, 0.25) is 0 Å². The van der Waals surface area contributed by atoms with Gasteiger partial charge in [0.05, 0.1) is 16.5 Å². The van der Waals surface area contributed by atoms with Crippen LogP contribution in [0.15, 0.2) is 28.4 Å². The van der Waals surface area contributed by atoms with Crippen molar-refractivity contribution < 1.29 is 13.2 Å². The van der Waals surface area contributed by atoms with Gasteiger partial charge in [-0.25, -0.2) is 4.98 Å². The number of rotatable bonds is 0. The van der Waals surface area contributed by atoms with Crippen LogP contribution in [0.1, 0.15) is 11.3 Å². The van der Waals surface area contributed by atoms with Crippen LogP contribution in [0.4, 0.5) is 13.2 Å². The second kappa shape index (κ2) is 3.80. The number of aromatic nitrogens is 2. The Bertz CT molecular complexity index is 848. The van der Waals surface area contributed by atoms with E-state index in [1.54, 1.807) is 12.3 Å². The lowest BCUT2D eigenvalue weighted by molar-refractivity contribution is -0.136. The molecule has 3 nitrogen and oxygen atoms in total. The quantitative estimate of drug-likeness (QED) is 0.635. The highest BCUT2D eigenvalue weighted by atomic mass is 32.1. The van der Waals surface area contributed by atoms with Gasteiger partial charge in [0.2, 0.25) is 0 Å². The van der Waals surface area contributed by atoms with E-state index in [0.29, 0.717) is 10.7 Å². The number of hydrogen-bond donors (Lipinski definition) is 0. The van der Waals surface area contributed by atoms with Crippen LogP contribution < -0.4 is 5.56 Å². The van der Waals surface area contributed by atoms with Gasteiger partial charge in [-0.1, -0.05) is 6.07 Å².